The van der Waals surface area contributed by atoms with Gasteiger partial charge in [-0.3, -0.25) is 4.98 Å². The first-order chi connectivity index (χ1) is 10.4. The van der Waals surface area contributed by atoms with Crippen LogP contribution < -0.4 is 10.5 Å². The van der Waals surface area contributed by atoms with Crippen molar-refractivity contribution in [2.45, 2.75) is 11.4 Å². The Balaban J connectivity index is 1.84. The molecule has 0 bridgehead atoms. The number of sulfonamides is 1. The van der Waals surface area contributed by atoms with Crippen LogP contribution in [0.4, 0.5) is 4.39 Å². The van der Waals surface area contributed by atoms with E-state index in [4.69, 9.17) is 4.42 Å². The Kier molecular flexibility index (Phi) is 3.55. The van der Waals surface area contributed by atoms with Gasteiger partial charge in [0.15, 0.2) is 5.58 Å². The highest BCUT2D eigenvalue weighted by atomic mass is 32.2. The Morgan fingerprint density at radius 2 is 1.86 bits per heavy atom. The smallest absolute Gasteiger partial charge is 0.408 e. The van der Waals surface area contributed by atoms with Crippen LogP contribution in [0.25, 0.3) is 11.1 Å². The molecule has 0 radical (unpaired) electrons. The number of hydrogen-bond acceptors (Lipinski definition) is 4. The summed E-state index contributed by atoms with van der Waals surface area (Å²) in [4.78, 5) is 13.5. The Bertz CT molecular complexity index is 974. The van der Waals surface area contributed by atoms with Crippen molar-refractivity contribution in [3.8, 4) is 0 Å². The number of H-pyrrole nitrogens is 1. The number of nitrogens with one attached hydrogen (secondary N) is 2. The Morgan fingerprint density at radius 3 is 2.59 bits per heavy atom. The fourth-order valence-electron chi connectivity index (χ4n) is 1.96. The van der Waals surface area contributed by atoms with Crippen molar-refractivity contribution >= 4 is 21.1 Å². The summed E-state index contributed by atoms with van der Waals surface area (Å²) in [5.41, 5.74) is 1.21. The lowest BCUT2D eigenvalue weighted by atomic mass is 10.2. The second-order valence-corrected chi connectivity index (χ2v) is 6.39. The number of aromatic nitrogens is 1. The molecular weight excluding hydrogens is 311 g/mol. The van der Waals surface area contributed by atoms with Crippen molar-refractivity contribution in [3.63, 3.8) is 0 Å². The van der Waals surface area contributed by atoms with Crippen molar-refractivity contribution in [2.24, 2.45) is 0 Å². The molecule has 6 nitrogen and oxygen atoms in total. The molecule has 1 aromatic heterocycles. The number of oxazole rings is 1. The summed E-state index contributed by atoms with van der Waals surface area (Å²) in [5.74, 6) is -1.04. The van der Waals surface area contributed by atoms with Gasteiger partial charge in [-0.15, -0.1) is 0 Å². The highest BCUT2D eigenvalue weighted by molar-refractivity contribution is 7.89. The minimum atomic E-state index is -3.76. The van der Waals surface area contributed by atoms with Gasteiger partial charge in [-0.05, 0) is 35.9 Å². The minimum Gasteiger partial charge on any atom is -0.408 e. The molecule has 3 rings (SSSR count). The number of fused-ring (bicyclic) bond motifs is 1. The first-order valence-electron chi connectivity index (χ1n) is 6.31. The molecule has 0 saturated heterocycles. The highest BCUT2D eigenvalue weighted by Crippen LogP contribution is 2.16. The second-order valence-electron chi connectivity index (χ2n) is 4.62. The molecule has 0 spiro atoms. The van der Waals surface area contributed by atoms with Crippen molar-refractivity contribution in [1.82, 2.24) is 9.71 Å². The van der Waals surface area contributed by atoms with E-state index in [1.54, 1.807) is 0 Å². The van der Waals surface area contributed by atoms with Crippen LogP contribution in [-0.4, -0.2) is 13.4 Å². The zero-order valence-electron chi connectivity index (χ0n) is 11.2. The topological polar surface area (TPSA) is 92.2 Å². The van der Waals surface area contributed by atoms with Gasteiger partial charge in [-0.25, -0.2) is 22.3 Å². The summed E-state index contributed by atoms with van der Waals surface area (Å²) in [6.07, 6.45) is 0. The maximum atomic E-state index is 12.8. The van der Waals surface area contributed by atoms with Crippen LogP contribution >= 0.6 is 0 Å². The standard InChI is InChI=1S/C14H11FN2O4S/c15-10-3-1-9(2-4-10)8-16-22(19,20)11-5-6-13-12(7-11)17-14(18)21-13/h1-7,16H,8H2,(H,17,18). The van der Waals surface area contributed by atoms with Crippen LogP contribution in [0.1, 0.15) is 5.56 Å². The van der Waals surface area contributed by atoms with Gasteiger partial charge in [0, 0.05) is 6.54 Å². The number of rotatable bonds is 4. The van der Waals surface area contributed by atoms with Crippen LogP contribution in [0.15, 0.2) is 56.6 Å². The predicted molar refractivity (Wildman–Crippen MR) is 77.3 cm³/mol. The van der Waals surface area contributed by atoms with Crippen molar-refractivity contribution in [3.05, 3.63) is 64.4 Å². The van der Waals surface area contributed by atoms with Gasteiger partial charge in [0.1, 0.15) is 5.82 Å². The Hall–Kier alpha value is -2.45. The summed E-state index contributed by atoms with van der Waals surface area (Å²) in [6.45, 7) is 0.0303. The summed E-state index contributed by atoms with van der Waals surface area (Å²) >= 11 is 0. The first-order valence-corrected chi connectivity index (χ1v) is 7.79. The van der Waals surface area contributed by atoms with Crippen LogP contribution in [0.2, 0.25) is 0 Å². The van der Waals surface area contributed by atoms with E-state index in [2.05, 4.69) is 9.71 Å². The molecule has 1 heterocycles. The number of hydrogen-bond donors (Lipinski definition) is 2. The summed E-state index contributed by atoms with van der Waals surface area (Å²) in [7, 11) is -3.76. The van der Waals surface area contributed by atoms with Crippen LogP contribution in [0.5, 0.6) is 0 Å². The van der Waals surface area contributed by atoms with Gasteiger partial charge in [0.05, 0.1) is 10.4 Å². The number of aromatic amines is 1. The predicted octanol–water partition coefficient (Wildman–Crippen LogP) is 1.74. The number of benzene rings is 2. The average Bonchev–Trinajstić information content (AvgIpc) is 2.86. The lowest BCUT2D eigenvalue weighted by Gasteiger charge is -2.06. The molecule has 0 amide bonds. The maximum absolute atomic E-state index is 12.8. The van der Waals surface area contributed by atoms with E-state index in [1.807, 2.05) is 0 Å². The maximum Gasteiger partial charge on any atom is 0.417 e. The van der Waals surface area contributed by atoms with Crippen LogP contribution in [0.3, 0.4) is 0 Å². The van der Waals surface area contributed by atoms with E-state index >= 15 is 0 Å². The molecule has 2 aromatic carbocycles. The second kappa shape index (κ2) is 5.39. The SMILES string of the molecule is O=c1[nH]c2cc(S(=O)(=O)NCc3ccc(F)cc3)ccc2o1. The Labute approximate surface area is 124 Å². The van der Waals surface area contributed by atoms with E-state index in [-0.39, 0.29) is 22.8 Å². The minimum absolute atomic E-state index is 0.000776. The summed E-state index contributed by atoms with van der Waals surface area (Å²) in [6, 6.07) is 9.56. The molecule has 2 N–H and O–H groups in total. The molecule has 3 aromatic rings. The molecule has 0 atom stereocenters. The third kappa shape index (κ3) is 2.92. The van der Waals surface area contributed by atoms with E-state index in [1.165, 1.54) is 42.5 Å². The molecule has 8 heteroatoms. The molecule has 22 heavy (non-hydrogen) atoms. The molecule has 0 unspecified atom stereocenters. The third-order valence-electron chi connectivity index (χ3n) is 3.08. The lowest BCUT2D eigenvalue weighted by molar-refractivity contribution is 0.555. The van der Waals surface area contributed by atoms with Gasteiger partial charge in [-0.1, -0.05) is 12.1 Å². The average molecular weight is 322 g/mol. The van der Waals surface area contributed by atoms with Gasteiger partial charge in [0.2, 0.25) is 10.0 Å². The molecular formula is C14H11FN2O4S. The van der Waals surface area contributed by atoms with Gasteiger partial charge in [0.25, 0.3) is 0 Å². The first kappa shape index (κ1) is 14.5. The van der Waals surface area contributed by atoms with Crippen molar-refractivity contribution < 1.29 is 17.2 Å². The zero-order valence-corrected chi connectivity index (χ0v) is 12.0. The van der Waals surface area contributed by atoms with Gasteiger partial charge >= 0.3 is 5.76 Å². The highest BCUT2D eigenvalue weighted by Gasteiger charge is 2.15. The van der Waals surface area contributed by atoms with Crippen molar-refractivity contribution in [1.29, 1.82) is 0 Å². The number of halogens is 1. The van der Waals surface area contributed by atoms with Gasteiger partial charge in [-0.2, -0.15) is 0 Å². The quantitative estimate of drug-likeness (QED) is 0.765. The third-order valence-corrected chi connectivity index (χ3v) is 4.48. The van der Waals surface area contributed by atoms with Crippen LogP contribution in [-0.2, 0) is 16.6 Å². The summed E-state index contributed by atoms with van der Waals surface area (Å²) < 4.78 is 44.5. The molecule has 0 aliphatic carbocycles. The van der Waals surface area contributed by atoms with Crippen LogP contribution in [0, 0.1) is 5.82 Å². The molecule has 0 aliphatic rings. The monoisotopic (exact) mass is 322 g/mol. The largest absolute Gasteiger partial charge is 0.417 e. The zero-order chi connectivity index (χ0) is 15.7. The molecule has 0 fully saturated rings. The normalized spacial score (nSPS) is 11.9. The van der Waals surface area contributed by atoms with E-state index in [9.17, 15) is 17.6 Å². The van der Waals surface area contributed by atoms with Crippen molar-refractivity contribution in [2.75, 3.05) is 0 Å². The lowest BCUT2D eigenvalue weighted by Crippen LogP contribution is -2.23. The molecule has 114 valence electrons. The van der Waals surface area contributed by atoms with E-state index in [0.29, 0.717) is 11.1 Å². The fraction of sp³-hybridized carbons (Fsp3) is 0.0714. The fourth-order valence-corrected chi connectivity index (χ4v) is 3.01. The van der Waals surface area contributed by atoms with E-state index < -0.39 is 15.8 Å². The summed E-state index contributed by atoms with van der Waals surface area (Å²) in [5, 5.41) is 0. The molecule has 0 aliphatic heterocycles. The molecule has 0 saturated carbocycles. The van der Waals surface area contributed by atoms with E-state index in [0.717, 1.165) is 0 Å². The Morgan fingerprint density at radius 1 is 1.14 bits per heavy atom. The van der Waals surface area contributed by atoms with Gasteiger partial charge < -0.3 is 4.42 Å².